The van der Waals surface area contributed by atoms with Gasteiger partial charge in [0.1, 0.15) is 0 Å². The molecule has 0 aliphatic carbocycles. The van der Waals surface area contributed by atoms with E-state index in [1.807, 2.05) is 68.1 Å². The van der Waals surface area contributed by atoms with Crippen LogP contribution >= 0.6 is 15.9 Å². The quantitative estimate of drug-likeness (QED) is 0.572. The first-order valence-electron chi connectivity index (χ1n) is 12.2. The molecule has 1 amide bonds. The average molecular weight is 514 g/mol. The van der Waals surface area contributed by atoms with Gasteiger partial charge in [0, 0.05) is 28.7 Å². The minimum atomic E-state index is -0.811. The van der Waals surface area contributed by atoms with Gasteiger partial charge in [-0.2, -0.15) is 0 Å². The normalized spacial score (nSPS) is 21.6. The molecule has 2 aromatic rings. The first-order chi connectivity index (χ1) is 15.6. The molecule has 1 unspecified atom stereocenters. The number of hydrogen-bond donors (Lipinski definition) is 1. The van der Waals surface area contributed by atoms with Crippen LogP contribution in [0.2, 0.25) is 0 Å². The first kappa shape index (κ1) is 24.4. The number of hydrogen-bond acceptors (Lipinski definition) is 3. The molecule has 2 aliphatic rings. The van der Waals surface area contributed by atoms with Gasteiger partial charge in [0.15, 0.2) is 0 Å². The SMILES string of the molecule is Cc1cccc(C)c1C(=O)N1CCC(C)(N2CCC(C(C)(O)c3ccc(Br)cc3)CC2)CC1. The lowest BCUT2D eigenvalue weighted by Crippen LogP contribution is -2.57. The largest absolute Gasteiger partial charge is 0.385 e. The lowest BCUT2D eigenvalue weighted by molar-refractivity contribution is -0.0562. The summed E-state index contributed by atoms with van der Waals surface area (Å²) in [7, 11) is 0. The molecule has 178 valence electrons. The first-order valence-corrected chi connectivity index (χ1v) is 13.0. The summed E-state index contributed by atoms with van der Waals surface area (Å²) in [4.78, 5) is 17.9. The van der Waals surface area contributed by atoms with Gasteiger partial charge in [-0.15, -0.1) is 0 Å². The molecule has 0 aromatic heterocycles. The molecule has 2 aliphatic heterocycles. The third kappa shape index (κ3) is 4.91. The van der Waals surface area contributed by atoms with Crippen molar-refractivity contribution >= 4 is 21.8 Å². The number of aliphatic hydroxyl groups is 1. The van der Waals surface area contributed by atoms with Gasteiger partial charge in [-0.05, 0) is 101 Å². The molecule has 0 saturated carbocycles. The van der Waals surface area contributed by atoms with Crippen LogP contribution in [0.25, 0.3) is 0 Å². The Morgan fingerprint density at radius 3 is 2.09 bits per heavy atom. The van der Waals surface area contributed by atoms with Gasteiger partial charge in [-0.25, -0.2) is 0 Å². The van der Waals surface area contributed by atoms with Gasteiger partial charge >= 0.3 is 0 Å². The monoisotopic (exact) mass is 512 g/mol. The van der Waals surface area contributed by atoms with Crippen LogP contribution in [0.5, 0.6) is 0 Å². The maximum Gasteiger partial charge on any atom is 0.254 e. The van der Waals surface area contributed by atoms with E-state index >= 15 is 0 Å². The molecule has 1 N–H and O–H groups in total. The molecule has 4 nitrogen and oxygen atoms in total. The Morgan fingerprint density at radius 2 is 1.55 bits per heavy atom. The van der Waals surface area contributed by atoms with Crippen molar-refractivity contribution in [3.05, 3.63) is 69.2 Å². The molecule has 0 radical (unpaired) electrons. The van der Waals surface area contributed by atoms with Crippen molar-refractivity contribution < 1.29 is 9.90 Å². The number of halogens is 1. The zero-order valence-corrected chi connectivity index (χ0v) is 22.0. The van der Waals surface area contributed by atoms with Gasteiger partial charge in [0.05, 0.1) is 5.60 Å². The summed E-state index contributed by atoms with van der Waals surface area (Å²) in [5, 5.41) is 11.3. The van der Waals surface area contributed by atoms with E-state index in [4.69, 9.17) is 0 Å². The topological polar surface area (TPSA) is 43.8 Å². The minimum absolute atomic E-state index is 0.117. The highest BCUT2D eigenvalue weighted by Gasteiger charge is 2.42. The van der Waals surface area contributed by atoms with Crippen LogP contribution < -0.4 is 0 Å². The highest BCUT2D eigenvalue weighted by molar-refractivity contribution is 9.10. The minimum Gasteiger partial charge on any atom is -0.385 e. The molecule has 5 heteroatoms. The molecule has 2 fully saturated rings. The maximum atomic E-state index is 13.2. The fourth-order valence-electron chi connectivity index (χ4n) is 5.82. The van der Waals surface area contributed by atoms with Crippen LogP contribution in [0, 0.1) is 19.8 Å². The van der Waals surface area contributed by atoms with Crippen LogP contribution in [-0.2, 0) is 5.60 Å². The fourth-order valence-corrected chi connectivity index (χ4v) is 6.09. The van der Waals surface area contributed by atoms with Gasteiger partial charge in [-0.3, -0.25) is 9.69 Å². The molecular weight excluding hydrogens is 476 g/mol. The smallest absolute Gasteiger partial charge is 0.254 e. The second-order valence-electron chi connectivity index (χ2n) is 10.5. The van der Waals surface area contributed by atoms with Gasteiger partial charge in [-0.1, -0.05) is 46.3 Å². The summed E-state index contributed by atoms with van der Waals surface area (Å²) >= 11 is 3.49. The lowest BCUT2D eigenvalue weighted by Gasteiger charge is -2.50. The Morgan fingerprint density at radius 1 is 1.00 bits per heavy atom. The molecule has 2 saturated heterocycles. The van der Waals surface area contributed by atoms with Gasteiger partial charge in [0.2, 0.25) is 0 Å². The predicted octanol–water partition coefficient (Wildman–Crippen LogP) is 5.68. The summed E-state index contributed by atoms with van der Waals surface area (Å²) in [6, 6.07) is 14.2. The predicted molar refractivity (Wildman–Crippen MR) is 137 cm³/mol. The second kappa shape index (κ2) is 9.52. The van der Waals surface area contributed by atoms with Gasteiger partial charge in [0.25, 0.3) is 5.91 Å². The van der Waals surface area contributed by atoms with E-state index in [-0.39, 0.29) is 17.4 Å². The zero-order chi connectivity index (χ0) is 23.8. The van der Waals surface area contributed by atoms with Crippen molar-refractivity contribution in [1.29, 1.82) is 0 Å². The number of amides is 1. The molecule has 2 heterocycles. The lowest BCUT2D eigenvalue weighted by atomic mass is 9.76. The van der Waals surface area contributed by atoms with E-state index in [0.29, 0.717) is 0 Å². The number of benzene rings is 2. The van der Waals surface area contributed by atoms with E-state index in [1.165, 1.54) is 0 Å². The van der Waals surface area contributed by atoms with Crippen molar-refractivity contribution in [3.63, 3.8) is 0 Å². The third-order valence-electron chi connectivity index (χ3n) is 8.30. The van der Waals surface area contributed by atoms with E-state index in [0.717, 1.165) is 78.6 Å². The number of rotatable bonds is 4. The molecule has 0 bridgehead atoms. The van der Waals surface area contributed by atoms with E-state index < -0.39 is 5.60 Å². The molecule has 4 rings (SSSR count). The number of carbonyl (C=O) groups excluding carboxylic acids is 1. The third-order valence-corrected chi connectivity index (χ3v) is 8.83. The van der Waals surface area contributed by atoms with Crippen molar-refractivity contribution in [1.82, 2.24) is 9.80 Å². The summed E-state index contributed by atoms with van der Waals surface area (Å²) < 4.78 is 1.03. The summed E-state index contributed by atoms with van der Waals surface area (Å²) in [5.74, 6) is 0.432. The van der Waals surface area contributed by atoms with Gasteiger partial charge < -0.3 is 10.0 Å². The van der Waals surface area contributed by atoms with Crippen molar-refractivity contribution in [2.75, 3.05) is 26.2 Å². The Labute approximate surface area is 207 Å². The number of carbonyl (C=O) groups is 1. The number of aryl methyl sites for hydroxylation is 2. The molecule has 1 atom stereocenters. The number of piperidine rings is 2. The average Bonchev–Trinajstić information content (AvgIpc) is 2.80. The molecular formula is C28H37BrN2O2. The molecule has 2 aromatic carbocycles. The Bertz CT molecular complexity index is 965. The van der Waals surface area contributed by atoms with Crippen LogP contribution in [0.3, 0.4) is 0 Å². The number of nitrogens with zero attached hydrogens (tertiary/aromatic N) is 2. The van der Waals surface area contributed by atoms with Crippen LogP contribution in [0.4, 0.5) is 0 Å². The number of likely N-dealkylation sites (tertiary alicyclic amines) is 2. The maximum absolute atomic E-state index is 13.2. The summed E-state index contributed by atoms with van der Waals surface area (Å²) in [6.07, 6.45) is 3.97. The Hall–Kier alpha value is -1.69. The second-order valence-corrected chi connectivity index (χ2v) is 11.4. The van der Waals surface area contributed by atoms with Crippen molar-refractivity contribution in [2.45, 2.75) is 64.5 Å². The van der Waals surface area contributed by atoms with Crippen LogP contribution in [0.1, 0.15) is 66.6 Å². The Kier molecular flexibility index (Phi) is 7.05. The Balaban J connectivity index is 1.36. The zero-order valence-electron chi connectivity index (χ0n) is 20.4. The highest BCUT2D eigenvalue weighted by Crippen LogP contribution is 2.40. The van der Waals surface area contributed by atoms with Crippen LogP contribution in [0.15, 0.2) is 46.9 Å². The molecule has 33 heavy (non-hydrogen) atoms. The van der Waals surface area contributed by atoms with Crippen molar-refractivity contribution in [2.24, 2.45) is 5.92 Å². The van der Waals surface area contributed by atoms with E-state index in [2.05, 4.69) is 27.8 Å². The van der Waals surface area contributed by atoms with E-state index in [9.17, 15) is 9.90 Å². The summed E-state index contributed by atoms with van der Waals surface area (Å²) in [5.41, 5.74) is 3.30. The molecule has 0 spiro atoms. The highest BCUT2D eigenvalue weighted by atomic mass is 79.9. The summed E-state index contributed by atoms with van der Waals surface area (Å²) in [6.45, 7) is 12.0. The fraction of sp³-hybridized carbons (Fsp3) is 0.536. The standard InChI is InChI=1S/C28H37BrN2O2/c1-20-6-5-7-21(2)25(20)26(32)30-18-14-27(3,15-19-30)31-16-12-23(13-17-31)28(4,33)22-8-10-24(29)11-9-22/h5-11,23,33H,12-19H2,1-4H3. The van der Waals surface area contributed by atoms with E-state index in [1.54, 1.807) is 0 Å². The van der Waals surface area contributed by atoms with Crippen molar-refractivity contribution in [3.8, 4) is 0 Å². The van der Waals surface area contributed by atoms with Crippen LogP contribution in [-0.4, -0.2) is 52.5 Å².